The molecule has 1 amide bonds. The van der Waals surface area contributed by atoms with Crippen molar-refractivity contribution in [1.29, 1.82) is 0 Å². The standard InChI is InChI=1S/C13H19N3O/c1-9(14)5-6-16(2)11-3-4-12-10(7-11)8-13(17)15-12/h3-4,7,9H,5-6,8,14H2,1-2H3,(H,15,17). The first-order valence-corrected chi connectivity index (χ1v) is 5.96. The third-order valence-corrected chi connectivity index (χ3v) is 3.07. The van der Waals surface area contributed by atoms with Gasteiger partial charge in [0.15, 0.2) is 0 Å². The third kappa shape index (κ3) is 2.77. The van der Waals surface area contributed by atoms with Crippen molar-refractivity contribution in [2.75, 3.05) is 23.8 Å². The van der Waals surface area contributed by atoms with E-state index in [1.165, 1.54) is 0 Å². The van der Waals surface area contributed by atoms with Crippen LogP contribution in [0, 0.1) is 0 Å². The SMILES string of the molecule is CC(N)CCN(C)c1ccc2c(c1)CC(=O)N2. The minimum atomic E-state index is 0.0791. The number of amides is 1. The fourth-order valence-corrected chi connectivity index (χ4v) is 1.98. The minimum Gasteiger partial charge on any atom is -0.375 e. The van der Waals surface area contributed by atoms with Crippen molar-refractivity contribution in [2.24, 2.45) is 5.73 Å². The molecule has 92 valence electrons. The topological polar surface area (TPSA) is 58.4 Å². The summed E-state index contributed by atoms with van der Waals surface area (Å²) >= 11 is 0. The summed E-state index contributed by atoms with van der Waals surface area (Å²) in [4.78, 5) is 13.4. The monoisotopic (exact) mass is 233 g/mol. The highest BCUT2D eigenvalue weighted by molar-refractivity contribution is 5.99. The summed E-state index contributed by atoms with van der Waals surface area (Å²) < 4.78 is 0. The molecule has 0 spiro atoms. The Morgan fingerprint density at radius 1 is 1.53 bits per heavy atom. The molecule has 2 rings (SSSR count). The second kappa shape index (κ2) is 4.75. The van der Waals surface area contributed by atoms with E-state index in [0.29, 0.717) is 6.42 Å². The normalized spacial score (nSPS) is 15.4. The summed E-state index contributed by atoms with van der Waals surface area (Å²) in [5.41, 5.74) is 8.91. The lowest BCUT2D eigenvalue weighted by Gasteiger charge is -2.21. The summed E-state index contributed by atoms with van der Waals surface area (Å²) in [5, 5.41) is 2.84. The van der Waals surface area contributed by atoms with Crippen LogP contribution < -0.4 is 16.0 Å². The van der Waals surface area contributed by atoms with Gasteiger partial charge in [-0.25, -0.2) is 0 Å². The minimum absolute atomic E-state index is 0.0791. The lowest BCUT2D eigenvalue weighted by atomic mass is 10.1. The van der Waals surface area contributed by atoms with Gasteiger partial charge in [-0.15, -0.1) is 0 Å². The van der Waals surface area contributed by atoms with E-state index in [0.717, 1.165) is 29.9 Å². The summed E-state index contributed by atoms with van der Waals surface area (Å²) in [5.74, 6) is 0.0791. The number of benzene rings is 1. The van der Waals surface area contributed by atoms with Gasteiger partial charge in [-0.05, 0) is 37.1 Å². The molecule has 1 atom stereocenters. The summed E-state index contributed by atoms with van der Waals surface area (Å²) in [6.07, 6.45) is 1.45. The Hall–Kier alpha value is -1.55. The fraction of sp³-hybridized carbons (Fsp3) is 0.462. The van der Waals surface area contributed by atoms with Gasteiger partial charge < -0.3 is 16.0 Å². The van der Waals surface area contributed by atoms with Gasteiger partial charge in [0.2, 0.25) is 5.91 Å². The zero-order valence-corrected chi connectivity index (χ0v) is 10.4. The largest absolute Gasteiger partial charge is 0.375 e. The number of nitrogens with zero attached hydrogens (tertiary/aromatic N) is 1. The van der Waals surface area contributed by atoms with E-state index in [1.807, 2.05) is 26.1 Å². The van der Waals surface area contributed by atoms with Crippen LogP contribution in [-0.2, 0) is 11.2 Å². The molecule has 1 heterocycles. The number of hydrogen-bond donors (Lipinski definition) is 2. The number of fused-ring (bicyclic) bond motifs is 1. The molecule has 0 radical (unpaired) electrons. The molecule has 4 nitrogen and oxygen atoms in total. The van der Waals surface area contributed by atoms with Gasteiger partial charge in [0, 0.05) is 31.0 Å². The highest BCUT2D eigenvalue weighted by atomic mass is 16.1. The van der Waals surface area contributed by atoms with E-state index < -0.39 is 0 Å². The smallest absolute Gasteiger partial charge is 0.228 e. The average Bonchev–Trinajstić information content (AvgIpc) is 2.64. The van der Waals surface area contributed by atoms with Gasteiger partial charge in [0.1, 0.15) is 0 Å². The van der Waals surface area contributed by atoms with Gasteiger partial charge in [0.25, 0.3) is 0 Å². The van der Waals surface area contributed by atoms with E-state index in [1.54, 1.807) is 0 Å². The Kier molecular flexibility index (Phi) is 3.33. The zero-order chi connectivity index (χ0) is 12.4. The molecule has 1 aliphatic heterocycles. The van der Waals surface area contributed by atoms with Crippen LogP contribution in [0.5, 0.6) is 0 Å². The molecule has 17 heavy (non-hydrogen) atoms. The molecule has 1 aliphatic rings. The van der Waals surface area contributed by atoms with E-state index in [4.69, 9.17) is 5.73 Å². The van der Waals surface area contributed by atoms with E-state index >= 15 is 0 Å². The summed E-state index contributed by atoms with van der Waals surface area (Å²) in [6, 6.07) is 6.30. The van der Waals surface area contributed by atoms with E-state index in [2.05, 4.69) is 16.3 Å². The third-order valence-electron chi connectivity index (χ3n) is 3.07. The fourth-order valence-electron chi connectivity index (χ4n) is 1.98. The number of nitrogens with one attached hydrogen (secondary N) is 1. The number of nitrogens with two attached hydrogens (primary N) is 1. The first kappa shape index (κ1) is 11.9. The molecule has 0 bridgehead atoms. The predicted octanol–water partition coefficient (Wildman–Crippen LogP) is 1.35. The average molecular weight is 233 g/mol. The van der Waals surface area contributed by atoms with Crippen molar-refractivity contribution in [3.63, 3.8) is 0 Å². The van der Waals surface area contributed by atoms with Crippen molar-refractivity contribution >= 4 is 17.3 Å². The second-order valence-corrected chi connectivity index (χ2v) is 4.75. The van der Waals surface area contributed by atoms with Gasteiger partial charge in [-0.2, -0.15) is 0 Å². The van der Waals surface area contributed by atoms with Crippen LogP contribution in [0.3, 0.4) is 0 Å². The van der Waals surface area contributed by atoms with Crippen LogP contribution in [0.25, 0.3) is 0 Å². The molecule has 3 N–H and O–H groups in total. The van der Waals surface area contributed by atoms with Crippen LogP contribution >= 0.6 is 0 Å². The Labute approximate surface area is 102 Å². The molecule has 0 saturated heterocycles. The lowest BCUT2D eigenvalue weighted by molar-refractivity contribution is -0.115. The van der Waals surface area contributed by atoms with Crippen molar-refractivity contribution in [3.05, 3.63) is 23.8 Å². The van der Waals surface area contributed by atoms with Gasteiger partial charge in [0.05, 0.1) is 6.42 Å². The van der Waals surface area contributed by atoms with E-state index in [-0.39, 0.29) is 11.9 Å². The van der Waals surface area contributed by atoms with Crippen LogP contribution in [0.4, 0.5) is 11.4 Å². The molecule has 0 saturated carbocycles. The van der Waals surface area contributed by atoms with Crippen LogP contribution in [0.15, 0.2) is 18.2 Å². The van der Waals surface area contributed by atoms with Crippen molar-refractivity contribution in [1.82, 2.24) is 0 Å². The van der Waals surface area contributed by atoms with Gasteiger partial charge in [-0.3, -0.25) is 4.79 Å². The quantitative estimate of drug-likeness (QED) is 0.825. The molecule has 4 heteroatoms. The van der Waals surface area contributed by atoms with Crippen molar-refractivity contribution in [2.45, 2.75) is 25.8 Å². The molecule has 1 unspecified atom stereocenters. The summed E-state index contributed by atoms with van der Waals surface area (Å²) in [7, 11) is 2.05. The molecular formula is C13H19N3O. The molecule has 0 aromatic heterocycles. The first-order valence-electron chi connectivity index (χ1n) is 5.96. The molecule has 1 aromatic carbocycles. The maximum atomic E-state index is 11.3. The molecule has 0 aliphatic carbocycles. The summed E-state index contributed by atoms with van der Waals surface area (Å²) in [6.45, 7) is 2.94. The Balaban J connectivity index is 2.07. The van der Waals surface area contributed by atoms with Crippen LogP contribution in [0.2, 0.25) is 0 Å². The van der Waals surface area contributed by atoms with Gasteiger partial charge >= 0.3 is 0 Å². The number of anilines is 2. The lowest BCUT2D eigenvalue weighted by Crippen LogP contribution is -2.25. The number of rotatable bonds is 4. The highest BCUT2D eigenvalue weighted by Crippen LogP contribution is 2.27. The maximum absolute atomic E-state index is 11.3. The Morgan fingerprint density at radius 2 is 2.29 bits per heavy atom. The number of carbonyl (C=O) groups is 1. The van der Waals surface area contributed by atoms with E-state index in [9.17, 15) is 4.79 Å². The van der Waals surface area contributed by atoms with Crippen molar-refractivity contribution < 1.29 is 4.79 Å². The Morgan fingerprint density at radius 3 is 3.00 bits per heavy atom. The van der Waals surface area contributed by atoms with Gasteiger partial charge in [-0.1, -0.05) is 0 Å². The number of hydrogen-bond acceptors (Lipinski definition) is 3. The maximum Gasteiger partial charge on any atom is 0.228 e. The molecule has 0 fully saturated rings. The predicted molar refractivity (Wildman–Crippen MR) is 70.3 cm³/mol. The first-order chi connectivity index (χ1) is 8.06. The number of carbonyl (C=O) groups excluding carboxylic acids is 1. The van der Waals surface area contributed by atoms with Crippen LogP contribution in [0.1, 0.15) is 18.9 Å². The second-order valence-electron chi connectivity index (χ2n) is 4.75. The van der Waals surface area contributed by atoms with Crippen molar-refractivity contribution in [3.8, 4) is 0 Å². The zero-order valence-electron chi connectivity index (χ0n) is 10.4. The molecular weight excluding hydrogens is 214 g/mol. The molecule has 1 aromatic rings. The highest BCUT2D eigenvalue weighted by Gasteiger charge is 2.18. The Bertz CT molecular complexity index is 429. The van der Waals surface area contributed by atoms with Crippen LogP contribution in [-0.4, -0.2) is 25.5 Å².